The van der Waals surface area contributed by atoms with Gasteiger partial charge in [-0.15, -0.1) is 0 Å². The van der Waals surface area contributed by atoms with E-state index < -0.39 is 0 Å². The first-order valence-corrected chi connectivity index (χ1v) is 9.60. The number of nitrogens with one attached hydrogen (secondary N) is 1. The molecule has 1 N–H and O–H groups in total. The Kier molecular flexibility index (Phi) is 4.14. The number of hydrogen-bond donors (Lipinski definition) is 1. The highest BCUT2D eigenvalue weighted by molar-refractivity contribution is 9.10. The fourth-order valence-corrected chi connectivity index (χ4v) is 4.59. The molecule has 1 saturated heterocycles. The van der Waals surface area contributed by atoms with Gasteiger partial charge in [0.25, 0.3) is 0 Å². The molecule has 1 aromatic rings. The highest BCUT2D eigenvalue weighted by atomic mass is 79.9. The standard InChI is InChI=1S/C15H19BrN2OS2/c1-9-6-10-12-8-15(2,19-13(10)11(16)7-9)18(4-5-21-3)14(20)17-12/h6-7,12H,4-5,8H2,1-3H3,(H,17,20). The van der Waals surface area contributed by atoms with E-state index in [9.17, 15) is 0 Å². The molecule has 3 rings (SSSR count). The van der Waals surface area contributed by atoms with Crippen molar-refractivity contribution in [2.45, 2.75) is 32.0 Å². The van der Waals surface area contributed by atoms with Crippen LogP contribution in [0, 0.1) is 6.92 Å². The number of halogens is 1. The number of thioether (sulfide) groups is 1. The number of benzene rings is 1. The quantitative estimate of drug-likeness (QED) is 0.795. The average Bonchev–Trinajstić information content (AvgIpc) is 2.40. The molecule has 2 aliphatic rings. The third-order valence-electron chi connectivity index (χ3n) is 4.13. The topological polar surface area (TPSA) is 24.5 Å². The van der Waals surface area contributed by atoms with Gasteiger partial charge < -0.3 is 15.0 Å². The van der Waals surface area contributed by atoms with Gasteiger partial charge in [0, 0.05) is 24.3 Å². The zero-order chi connectivity index (χ0) is 15.2. The van der Waals surface area contributed by atoms with Gasteiger partial charge in [-0.25, -0.2) is 0 Å². The Morgan fingerprint density at radius 1 is 1.57 bits per heavy atom. The second-order valence-corrected chi connectivity index (χ2v) is 8.02. The molecule has 114 valence electrons. The van der Waals surface area contributed by atoms with Crippen molar-refractivity contribution >= 4 is 45.0 Å². The fraction of sp³-hybridized carbons (Fsp3) is 0.533. The average molecular weight is 387 g/mol. The number of thiocarbonyl (C=S) groups is 1. The molecule has 2 heterocycles. The van der Waals surface area contributed by atoms with Crippen molar-refractivity contribution in [2.75, 3.05) is 18.6 Å². The minimum absolute atomic E-state index is 0.230. The van der Waals surface area contributed by atoms with E-state index in [0.29, 0.717) is 0 Å². The summed E-state index contributed by atoms with van der Waals surface area (Å²) in [5.41, 5.74) is 2.06. The van der Waals surface area contributed by atoms with Crippen molar-refractivity contribution < 1.29 is 4.74 Å². The third kappa shape index (κ3) is 2.66. The lowest BCUT2D eigenvalue weighted by Gasteiger charge is -2.52. The Balaban J connectivity index is 2.01. The van der Waals surface area contributed by atoms with Crippen molar-refractivity contribution in [3.05, 3.63) is 27.7 Å². The van der Waals surface area contributed by atoms with E-state index in [2.05, 4.69) is 58.4 Å². The Morgan fingerprint density at radius 2 is 2.33 bits per heavy atom. The van der Waals surface area contributed by atoms with Crippen LogP contribution in [0.3, 0.4) is 0 Å². The number of ether oxygens (including phenoxy) is 1. The second kappa shape index (κ2) is 5.63. The van der Waals surface area contributed by atoms with Crippen LogP contribution in [0.1, 0.15) is 30.5 Å². The summed E-state index contributed by atoms with van der Waals surface area (Å²) in [6, 6.07) is 4.53. The maximum Gasteiger partial charge on any atom is 0.184 e. The smallest absolute Gasteiger partial charge is 0.184 e. The minimum atomic E-state index is -0.368. The van der Waals surface area contributed by atoms with Gasteiger partial charge in [0.15, 0.2) is 10.8 Å². The maximum absolute atomic E-state index is 6.40. The predicted molar refractivity (Wildman–Crippen MR) is 96.1 cm³/mol. The SMILES string of the molecule is CSCCN1C(=S)NC2CC1(C)Oc1c(Br)cc(C)cc12. The van der Waals surface area contributed by atoms with Crippen molar-refractivity contribution in [3.63, 3.8) is 0 Å². The molecule has 0 aliphatic carbocycles. The molecule has 2 aliphatic heterocycles. The lowest BCUT2D eigenvalue weighted by Crippen LogP contribution is -2.65. The van der Waals surface area contributed by atoms with Crippen LogP contribution in [0.25, 0.3) is 0 Å². The van der Waals surface area contributed by atoms with Crippen molar-refractivity contribution in [3.8, 4) is 5.75 Å². The molecular formula is C15H19BrN2OS2. The van der Waals surface area contributed by atoms with Crippen LogP contribution in [0.5, 0.6) is 5.75 Å². The van der Waals surface area contributed by atoms with Gasteiger partial charge in [-0.2, -0.15) is 11.8 Å². The van der Waals surface area contributed by atoms with Crippen molar-refractivity contribution in [1.29, 1.82) is 0 Å². The third-order valence-corrected chi connectivity index (χ3v) is 5.65. The number of hydrogen-bond acceptors (Lipinski definition) is 3. The van der Waals surface area contributed by atoms with Gasteiger partial charge in [-0.3, -0.25) is 0 Å². The summed E-state index contributed by atoms with van der Waals surface area (Å²) in [6.45, 7) is 5.14. The molecule has 2 bridgehead atoms. The van der Waals surface area contributed by atoms with Crippen LogP contribution in [-0.4, -0.2) is 34.3 Å². The summed E-state index contributed by atoms with van der Waals surface area (Å²) in [5.74, 6) is 1.98. The molecule has 0 amide bonds. The van der Waals surface area contributed by atoms with Gasteiger partial charge in [-0.05, 0) is 59.9 Å². The summed E-state index contributed by atoms with van der Waals surface area (Å²) in [5, 5.41) is 4.29. The van der Waals surface area contributed by atoms with Crippen LogP contribution in [0.15, 0.2) is 16.6 Å². The molecule has 0 aromatic heterocycles. The summed E-state index contributed by atoms with van der Waals surface area (Å²) in [6.07, 6.45) is 3.02. The molecule has 0 radical (unpaired) electrons. The first-order chi connectivity index (χ1) is 9.94. The van der Waals surface area contributed by atoms with E-state index in [1.807, 2.05) is 11.8 Å². The van der Waals surface area contributed by atoms with E-state index in [1.54, 1.807) is 0 Å². The summed E-state index contributed by atoms with van der Waals surface area (Å²) >= 11 is 11.0. The largest absolute Gasteiger partial charge is 0.467 e. The molecule has 1 aromatic carbocycles. The van der Waals surface area contributed by atoms with Crippen LogP contribution in [0.4, 0.5) is 0 Å². The number of aryl methyl sites for hydroxylation is 1. The number of fused-ring (bicyclic) bond motifs is 4. The van der Waals surface area contributed by atoms with Gasteiger partial charge in [-0.1, -0.05) is 6.07 Å². The van der Waals surface area contributed by atoms with Crippen LogP contribution in [0.2, 0.25) is 0 Å². The van der Waals surface area contributed by atoms with E-state index in [-0.39, 0.29) is 11.8 Å². The fourth-order valence-electron chi connectivity index (χ4n) is 3.13. The zero-order valence-electron chi connectivity index (χ0n) is 12.4. The Labute approximate surface area is 143 Å². The molecule has 6 heteroatoms. The number of nitrogens with zero attached hydrogens (tertiary/aromatic N) is 1. The Hall–Kier alpha value is -0.460. The van der Waals surface area contributed by atoms with Crippen LogP contribution >= 0.6 is 39.9 Å². The highest BCUT2D eigenvalue weighted by Gasteiger charge is 2.47. The maximum atomic E-state index is 6.40. The lowest BCUT2D eigenvalue weighted by molar-refractivity contribution is -0.0660. The summed E-state index contributed by atoms with van der Waals surface area (Å²) in [7, 11) is 0. The molecule has 3 nitrogen and oxygen atoms in total. The zero-order valence-corrected chi connectivity index (χ0v) is 15.6. The van der Waals surface area contributed by atoms with E-state index in [0.717, 1.165) is 34.1 Å². The second-order valence-electron chi connectivity index (χ2n) is 5.79. The van der Waals surface area contributed by atoms with E-state index in [1.165, 1.54) is 11.1 Å². The molecule has 21 heavy (non-hydrogen) atoms. The Bertz CT molecular complexity index is 595. The van der Waals surface area contributed by atoms with Gasteiger partial charge in [0.1, 0.15) is 5.75 Å². The van der Waals surface area contributed by atoms with Crippen LogP contribution < -0.4 is 10.1 Å². The molecular weight excluding hydrogens is 368 g/mol. The molecule has 1 fully saturated rings. The summed E-state index contributed by atoms with van der Waals surface area (Å²) < 4.78 is 7.42. The molecule has 2 atom stereocenters. The van der Waals surface area contributed by atoms with E-state index >= 15 is 0 Å². The molecule has 0 spiro atoms. The van der Waals surface area contributed by atoms with E-state index in [4.69, 9.17) is 17.0 Å². The van der Waals surface area contributed by atoms with Crippen molar-refractivity contribution in [2.24, 2.45) is 0 Å². The first kappa shape index (κ1) is 15.4. The monoisotopic (exact) mass is 386 g/mol. The first-order valence-electron chi connectivity index (χ1n) is 7.01. The normalized spacial score (nSPS) is 27.0. The lowest BCUT2D eigenvalue weighted by atomic mass is 9.90. The van der Waals surface area contributed by atoms with Gasteiger partial charge in [0.05, 0.1) is 10.5 Å². The van der Waals surface area contributed by atoms with Gasteiger partial charge >= 0.3 is 0 Å². The molecule has 2 unspecified atom stereocenters. The van der Waals surface area contributed by atoms with Crippen LogP contribution in [-0.2, 0) is 0 Å². The predicted octanol–water partition coefficient (Wildman–Crippen LogP) is 3.85. The van der Waals surface area contributed by atoms with Crippen molar-refractivity contribution in [1.82, 2.24) is 10.2 Å². The molecule has 0 saturated carbocycles. The number of rotatable bonds is 3. The Morgan fingerprint density at radius 3 is 3.05 bits per heavy atom. The minimum Gasteiger partial charge on any atom is -0.467 e. The summed E-state index contributed by atoms with van der Waals surface area (Å²) in [4.78, 5) is 2.19. The van der Waals surface area contributed by atoms with Gasteiger partial charge in [0.2, 0.25) is 0 Å². The highest BCUT2D eigenvalue weighted by Crippen LogP contribution is 2.47.